The number of ether oxygens (including phenoxy) is 1. The highest BCUT2D eigenvalue weighted by atomic mass is 32.2. The minimum absolute atomic E-state index is 0.226. The number of aromatic nitrogens is 2. The lowest BCUT2D eigenvalue weighted by molar-refractivity contribution is 0.141. The van der Waals surface area contributed by atoms with Crippen LogP contribution in [0, 0.1) is 0 Å². The normalized spacial score (nSPS) is 12.2. The zero-order valence-corrected chi connectivity index (χ0v) is 13.0. The fraction of sp³-hybridized carbons (Fsp3) is 0.692. The highest BCUT2D eigenvalue weighted by Crippen LogP contribution is 2.17. The molecule has 0 amide bonds. The first-order valence-electron chi connectivity index (χ1n) is 6.70. The maximum Gasteiger partial charge on any atom is 0.191 e. The van der Waals surface area contributed by atoms with E-state index in [1.54, 1.807) is 11.8 Å². The molecule has 0 saturated carbocycles. The Hall–Kier alpha value is -1.01. The number of hydrogen-bond acceptors (Lipinski definition) is 6. The van der Waals surface area contributed by atoms with Crippen LogP contribution in [0.3, 0.4) is 0 Å². The summed E-state index contributed by atoms with van der Waals surface area (Å²) in [5, 5.41) is 7.40. The third-order valence-electron chi connectivity index (χ3n) is 2.41. The standard InChI is InChI=1S/C13H24N4OS/c1-5-7-14-11-8-12(17-13(16-11)19-4)15-10(3)9-18-6-2/h8,10H,5-7,9H2,1-4H3,(H2,14,15,16,17). The minimum atomic E-state index is 0.226. The fourth-order valence-corrected chi connectivity index (χ4v) is 1.90. The largest absolute Gasteiger partial charge is 0.380 e. The van der Waals surface area contributed by atoms with Gasteiger partial charge in [-0.1, -0.05) is 18.7 Å². The molecule has 0 radical (unpaired) electrons. The van der Waals surface area contributed by atoms with E-state index in [0.29, 0.717) is 6.61 Å². The van der Waals surface area contributed by atoms with E-state index in [-0.39, 0.29) is 6.04 Å². The molecule has 108 valence electrons. The van der Waals surface area contributed by atoms with Gasteiger partial charge in [-0.3, -0.25) is 0 Å². The number of anilines is 2. The van der Waals surface area contributed by atoms with Crippen LogP contribution < -0.4 is 10.6 Å². The number of thioether (sulfide) groups is 1. The Bertz CT molecular complexity index is 376. The summed E-state index contributed by atoms with van der Waals surface area (Å²) < 4.78 is 5.39. The van der Waals surface area contributed by atoms with Crippen LogP contribution in [0.25, 0.3) is 0 Å². The van der Waals surface area contributed by atoms with Gasteiger partial charge in [-0.05, 0) is 26.5 Å². The molecular weight excluding hydrogens is 260 g/mol. The second kappa shape index (κ2) is 8.98. The summed E-state index contributed by atoms with van der Waals surface area (Å²) in [6, 6.07) is 2.17. The smallest absolute Gasteiger partial charge is 0.191 e. The van der Waals surface area contributed by atoms with Gasteiger partial charge >= 0.3 is 0 Å². The molecule has 1 rings (SSSR count). The summed E-state index contributed by atoms with van der Waals surface area (Å²) in [6.07, 6.45) is 3.05. The van der Waals surface area contributed by atoms with Crippen molar-refractivity contribution in [1.82, 2.24) is 9.97 Å². The molecule has 1 unspecified atom stereocenters. The summed E-state index contributed by atoms with van der Waals surface area (Å²) in [4.78, 5) is 8.88. The van der Waals surface area contributed by atoms with Gasteiger partial charge in [0.1, 0.15) is 11.6 Å². The first-order valence-corrected chi connectivity index (χ1v) is 7.93. The molecule has 0 aliphatic rings. The van der Waals surface area contributed by atoms with Crippen molar-refractivity contribution in [2.45, 2.75) is 38.4 Å². The average Bonchev–Trinajstić information content (AvgIpc) is 2.42. The molecule has 6 heteroatoms. The van der Waals surface area contributed by atoms with E-state index in [1.165, 1.54) is 0 Å². The lowest BCUT2D eigenvalue weighted by Gasteiger charge is -2.15. The van der Waals surface area contributed by atoms with Crippen LogP contribution in [0.5, 0.6) is 0 Å². The number of rotatable bonds is 9. The van der Waals surface area contributed by atoms with Gasteiger partial charge in [0.15, 0.2) is 5.16 Å². The Morgan fingerprint density at radius 1 is 1.32 bits per heavy atom. The lowest BCUT2D eigenvalue weighted by Crippen LogP contribution is -2.22. The number of nitrogens with one attached hydrogen (secondary N) is 2. The highest BCUT2D eigenvalue weighted by Gasteiger charge is 2.07. The second-order valence-electron chi connectivity index (χ2n) is 4.26. The van der Waals surface area contributed by atoms with E-state index >= 15 is 0 Å². The van der Waals surface area contributed by atoms with Crippen LogP contribution in [0.2, 0.25) is 0 Å². The predicted octanol–water partition coefficient (Wildman–Crippen LogP) is 2.86. The van der Waals surface area contributed by atoms with Crippen LogP contribution in [0.1, 0.15) is 27.2 Å². The van der Waals surface area contributed by atoms with Gasteiger partial charge in [0.05, 0.1) is 6.61 Å². The van der Waals surface area contributed by atoms with Crippen molar-refractivity contribution < 1.29 is 4.74 Å². The van der Waals surface area contributed by atoms with Crippen molar-refractivity contribution in [2.24, 2.45) is 0 Å². The van der Waals surface area contributed by atoms with Crippen LogP contribution in [0.4, 0.5) is 11.6 Å². The van der Waals surface area contributed by atoms with Crippen LogP contribution in [-0.2, 0) is 4.74 Å². The van der Waals surface area contributed by atoms with E-state index < -0.39 is 0 Å². The summed E-state index contributed by atoms with van der Waals surface area (Å²) in [5.74, 6) is 1.71. The molecule has 19 heavy (non-hydrogen) atoms. The molecule has 0 bridgehead atoms. The van der Waals surface area contributed by atoms with Crippen molar-refractivity contribution in [2.75, 3.05) is 36.6 Å². The molecule has 1 aromatic heterocycles. The van der Waals surface area contributed by atoms with Gasteiger partial charge in [0, 0.05) is 25.3 Å². The van der Waals surface area contributed by atoms with Crippen molar-refractivity contribution in [3.05, 3.63) is 6.07 Å². The van der Waals surface area contributed by atoms with Crippen LogP contribution >= 0.6 is 11.8 Å². The molecule has 0 aromatic carbocycles. The maximum atomic E-state index is 5.39. The summed E-state index contributed by atoms with van der Waals surface area (Å²) in [6.45, 7) is 8.53. The van der Waals surface area contributed by atoms with Gasteiger partial charge in [-0.25, -0.2) is 9.97 Å². The van der Waals surface area contributed by atoms with Crippen molar-refractivity contribution in [3.63, 3.8) is 0 Å². The molecule has 1 atom stereocenters. The Morgan fingerprint density at radius 2 is 2.05 bits per heavy atom. The molecule has 0 aliphatic heterocycles. The van der Waals surface area contributed by atoms with Gasteiger partial charge in [-0.2, -0.15) is 0 Å². The Kier molecular flexibility index (Phi) is 7.59. The first kappa shape index (κ1) is 16.0. The summed E-state index contributed by atoms with van der Waals surface area (Å²) in [7, 11) is 0. The van der Waals surface area contributed by atoms with Crippen molar-refractivity contribution in [3.8, 4) is 0 Å². The van der Waals surface area contributed by atoms with E-state index in [0.717, 1.165) is 36.4 Å². The number of hydrogen-bond donors (Lipinski definition) is 2. The summed E-state index contributed by atoms with van der Waals surface area (Å²) >= 11 is 1.54. The molecular formula is C13H24N4OS. The molecule has 2 N–H and O–H groups in total. The van der Waals surface area contributed by atoms with E-state index in [4.69, 9.17) is 4.74 Å². The molecule has 0 fully saturated rings. The Morgan fingerprint density at radius 3 is 2.68 bits per heavy atom. The minimum Gasteiger partial charge on any atom is -0.380 e. The SMILES string of the molecule is CCCNc1cc(NC(C)COCC)nc(SC)n1. The quantitative estimate of drug-likeness (QED) is 0.537. The molecule has 5 nitrogen and oxygen atoms in total. The number of nitrogens with zero attached hydrogens (tertiary/aromatic N) is 2. The molecule has 0 aliphatic carbocycles. The third-order valence-corrected chi connectivity index (χ3v) is 2.96. The van der Waals surface area contributed by atoms with Crippen molar-refractivity contribution >= 4 is 23.4 Å². The molecule has 0 spiro atoms. The fourth-order valence-electron chi connectivity index (χ4n) is 1.52. The predicted molar refractivity (Wildman–Crippen MR) is 82.2 cm³/mol. The zero-order chi connectivity index (χ0) is 14.1. The monoisotopic (exact) mass is 284 g/mol. The van der Waals surface area contributed by atoms with Gasteiger partial charge in [0.25, 0.3) is 0 Å². The van der Waals surface area contributed by atoms with Gasteiger partial charge < -0.3 is 15.4 Å². The maximum absolute atomic E-state index is 5.39. The van der Waals surface area contributed by atoms with Gasteiger partial charge in [-0.15, -0.1) is 0 Å². The van der Waals surface area contributed by atoms with E-state index in [2.05, 4.69) is 34.4 Å². The lowest BCUT2D eigenvalue weighted by atomic mass is 10.3. The third kappa shape index (κ3) is 6.11. The highest BCUT2D eigenvalue weighted by molar-refractivity contribution is 7.98. The van der Waals surface area contributed by atoms with Crippen LogP contribution in [-0.4, -0.2) is 42.0 Å². The zero-order valence-electron chi connectivity index (χ0n) is 12.2. The van der Waals surface area contributed by atoms with E-state index in [1.807, 2.05) is 19.2 Å². The summed E-state index contributed by atoms with van der Waals surface area (Å²) in [5.41, 5.74) is 0. The molecule has 0 saturated heterocycles. The first-order chi connectivity index (χ1) is 9.19. The molecule has 1 aromatic rings. The van der Waals surface area contributed by atoms with Crippen LogP contribution in [0.15, 0.2) is 11.2 Å². The Balaban J connectivity index is 2.69. The topological polar surface area (TPSA) is 59.1 Å². The van der Waals surface area contributed by atoms with E-state index in [9.17, 15) is 0 Å². The van der Waals surface area contributed by atoms with Crippen molar-refractivity contribution in [1.29, 1.82) is 0 Å². The average molecular weight is 284 g/mol. The molecule has 1 heterocycles. The Labute approximate surface area is 119 Å². The second-order valence-corrected chi connectivity index (χ2v) is 5.03. The van der Waals surface area contributed by atoms with Gasteiger partial charge in [0.2, 0.25) is 0 Å².